The molecule has 25 heavy (non-hydrogen) atoms. The number of nitrogens with two attached hydrogens (primary N) is 1. The Morgan fingerprint density at radius 2 is 2.24 bits per heavy atom. The second kappa shape index (κ2) is 6.07. The molecule has 2 aromatic rings. The molecule has 6 nitrogen and oxygen atoms in total. The molecule has 1 aromatic carbocycles. The summed E-state index contributed by atoms with van der Waals surface area (Å²) in [6.45, 7) is 3.04. The average molecular weight is 358 g/mol. The average Bonchev–Trinajstić information content (AvgIpc) is 3.06. The normalized spacial score (nSPS) is 21.5. The first-order valence-electron chi connectivity index (χ1n) is 8.72. The number of aryl methyl sites for hydroxylation is 1. The topological polar surface area (TPSA) is 88.3 Å². The lowest BCUT2D eigenvalue weighted by Crippen LogP contribution is -2.47. The molecule has 3 N–H and O–H groups in total. The van der Waals surface area contributed by atoms with E-state index in [1.807, 2.05) is 19.1 Å². The van der Waals surface area contributed by atoms with Crippen LogP contribution in [-0.2, 0) is 9.59 Å². The molecule has 0 bridgehead atoms. The van der Waals surface area contributed by atoms with Gasteiger partial charge in [-0.3, -0.25) is 9.59 Å². The van der Waals surface area contributed by atoms with E-state index in [-0.39, 0.29) is 11.8 Å². The van der Waals surface area contributed by atoms with Crippen molar-refractivity contribution in [3.63, 3.8) is 0 Å². The van der Waals surface area contributed by atoms with Crippen molar-refractivity contribution in [2.45, 2.75) is 38.6 Å². The number of hydrogen-bond donors (Lipinski definition) is 2. The summed E-state index contributed by atoms with van der Waals surface area (Å²) in [7, 11) is 0. The summed E-state index contributed by atoms with van der Waals surface area (Å²) >= 11 is 1.46. The van der Waals surface area contributed by atoms with Crippen LogP contribution in [0, 0.1) is 12.3 Å². The highest BCUT2D eigenvalue weighted by Gasteiger charge is 2.52. The SMILES string of the molecule is Cc1ccc2nc(NC(=O)[C@@H]3CCCN3C(=O)C3(CN)CC3)sc2c1. The van der Waals surface area contributed by atoms with E-state index in [1.165, 1.54) is 11.3 Å². The summed E-state index contributed by atoms with van der Waals surface area (Å²) in [5.74, 6) is -0.0953. The van der Waals surface area contributed by atoms with Gasteiger partial charge in [-0.2, -0.15) is 0 Å². The maximum Gasteiger partial charge on any atom is 0.248 e. The Balaban J connectivity index is 1.50. The zero-order valence-electron chi connectivity index (χ0n) is 14.2. The van der Waals surface area contributed by atoms with Crippen molar-refractivity contribution in [1.29, 1.82) is 0 Å². The van der Waals surface area contributed by atoms with Crippen LogP contribution in [0.5, 0.6) is 0 Å². The molecule has 1 aliphatic carbocycles. The number of thiazole rings is 1. The van der Waals surface area contributed by atoms with Crippen molar-refractivity contribution < 1.29 is 9.59 Å². The first-order chi connectivity index (χ1) is 12.0. The number of anilines is 1. The molecule has 1 saturated heterocycles. The third-order valence-electron chi connectivity index (χ3n) is 5.29. The van der Waals surface area contributed by atoms with E-state index in [2.05, 4.69) is 16.4 Å². The molecular weight excluding hydrogens is 336 g/mol. The lowest BCUT2D eigenvalue weighted by atomic mass is 10.1. The largest absolute Gasteiger partial charge is 0.330 e. The Bertz CT molecular complexity index is 843. The standard InChI is InChI=1S/C18H22N4O2S/c1-11-4-5-12-14(9-11)25-17(20-12)21-15(23)13-3-2-8-22(13)16(24)18(10-19)6-7-18/h4-5,9,13H,2-3,6-8,10,19H2,1H3,(H,20,21,23)/t13-/m0/s1. The van der Waals surface area contributed by atoms with Crippen LogP contribution in [0.25, 0.3) is 10.2 Å². The summed E-state index contributed by atoms with van der Waals surface area (Å²) < 4.78 is 1.05. The number of nitrogens with zero attached hydrogens (tertiary/aromatic N) is 2. The van der Waals surface area contributed by atoms with Crippen LogP contribution in [0.1, 0.15) is 31.2 Å². The minimum Gasteiger partial charge on any atom is -0.330 e. The van der Waals surface area contributed by atoms with E-state index in [0.717, 1.165) is 35.0 Å². The molecule has 4 rings (SSSR count). The number of carbonyl (C=O) groups is 2. The third-order valence-corrected chi connectivity index (χ3v) is 6.22. The predicted molar refractivity (Wildman–Crippen MR) is 98.4 cm³/mol. The van der Waals surface area contributed by atoms with E-state index < -0.39 is 11.5 Å². The van der Waals surface area contributed by atoms with Crippen LogP contribution in [0.15, 0.2) is 18.2 Å². The fourth-order valence-electron chi connectivity index (χ4n) is 3.52. The first kappa shape index (κ1) is 16.5. The summed E-state index contributed by atoms with van der Waals surface area (Å²) in [6.07, 6.45) is 3.22. The van der Waals surface area contributed by atoms with Crippen molar-refractivity contribution in [2.24, 2.45) is 11.1 Å². The molecule has 2 fully saturated rings. The van der Waals surface area contributed by atoms with Crippen LogP contribution in [0.3, 0.4) is 0 Å². The molecular formula is C18H22N4O2S. The van der Waals surface area contributed by atoms with Crippen LogP contribution in [0.4, 0.5) is 5.13 Å². The fraction of sp³-hybridized carbons (Fsp3) is 0.500. The van der Waals surface area contributed by atoms with Gasteiger partial charge in [-0.25, -0.2) is 4.98 Å². The number of carbonyl (C=O) groups excluding carboxylic acids is 2. The Kier molecular flexibility index (Phi) is 4.00. The molecule has 0 unspecified atom stereocenters. The fourth-order valence-corrected chi connectivity index (χ4v) is 4.48. The second-order valence-electron chi connectivity index (χ2n) is 7.12. The first-order valence-corrected chi connectivity index (χ1v) is 9.53. The van der Waals surface area contributed by atoms with E-state index >= 15 is 0 Å². The summed E-state index contributed by atoms with van der Waals surface area (Å²) in [5.41, 5.74) is 7.42. The van der Waals surface area contributed by atoms with Crippen LogP contribution >= 0.6 is 11.3 Å². The Morgan fingerprint density at radius 3 is 2.96 bits per heavy atom. The van der Waals surface area contributed by atoms with Crippen molar-refractivity contribution in [1.82, 2.24) is 9.88 Å². The van der Waals surface area contributed by atoms with Gasteiger partial charge in [0.1, 0.15) is 6.04 Å². The van der Waals surface area contributed by atoms with Gasteiger partial charge in [0.15, 0.2) is 5.13 Å². The van der Waals surface area contributed by atoms with E-state index in [0.29, 0.717) is 24.6 Å². The number of fused-ring (bicyclic) bond motifs is 1. The van der Waals surface area contributed by atoms with Gasteiger partial charge >= 0.3 is 0 Å². The number of benzene rings is 1. The van der Waals surface area contributed by atoms with Gasteiger partial charge in [0.25, 0.3) is 0 Å². The number of amides is 2. The quantitative estimate of drug-likeness (QED) is 0.877. The minimum absolute atomic E-state index is 0.0487. The highest BCUT2D eigenvalue weighted by atomic mass is 32.1. The lowest BCUT2D eigenvalue weighted by molar-refractivity contribution is -0.141. The zero-order valence-corrected chi connectivity index (χ0v) is 15.1. The number of hydrogen-bond acceptors (Lipinski definition) is 5. The van der Waals surface area contributed by atoms with Crippen molar-refractivity contribution >= 4 is 38.5 Å². The van der Waals surface area contributed by atoms with Gasteiger partial charge in [-0.15, -0.1) is 0 Å². The van der Waals surface area contributed by atoms with Gasteiger partial charge < -0.3 is 16.0 Å². The van der Waals surface area contributed by atoms with E-state index in [1.54, 1.807) is 4.90 Å². The highest BCUT2D eigenvalue weighted by molar-refractivity contribution is 7.22. The van der Waals surface area contributed by atoms with Gasteiger partial charge in [0.2, 0.25) is 11.8 Å². The molecule has 0 radical (unpaired) electrons. The predicted octanol–water partition coefficient (Wildman–Crippen LogP) is 2.27. The van der Waals surface area contributed by atoms with Gasteiger partial charge in [0.05, 0.1) is 15.6 Å². The Morgan fingerprint density at radius 1 is 1.44 bits per heavy atom. The molecule has 2 aliphatic rings. The molecule has 0 spiro atoms. The van der Waals surface area contributed by atoms with Crippen LogP contribution < -0.4 is 11.1 Å². The second-order valence-corrected chi connectivity index (χ2v) is 8.15. The molecule has 2 heterocycles. The lowest BCUT2D eigenvalue weighted by Gasteiger charge is -2.27. The molecule has 2 amide bonds. The van der Waals surface area contributed by atoms with E-state index in [9.17, 15) is 9.59 Å². The van der Waals surface area contributed by atoms with Gasteiger partial charge in [0, 0.05) is 13.1 Å². The molecule has 1 aromatic heterocycles. The summed E-state index contributed by atoms with van der Waals surface area (Å²) in [4.78, 5) is 31.7. The molecule has 132 valence electrons. The molecule has 7 heteroatoms. The number of rotatable bonds is 4. The maximum absolute atomic E-state index is 12.8. The number of aromatic nitrogens is 1. The minimum atomic E-state index is -0.412. The monoisotopic (exact) mass is 358 g/mol. The van der Waals surface area contributed by atoms with Crippen LogP contribution in [-0.4, -0.2) is 40.8 Å². The number of nitrogens with one attached hydrogen (secondary N) is 1. The maximum atomic E-state index is 12.8. The Labute approximate surface area is 150 Å². The Hall–Kier alpha value is -1.99. The molecule has 1 atom stereocenters. The zero-order chi connectivity index (χ0) is 17.6. The number of likely N-dealkylation sites (tertiary alicyclic amines) is 1. The van der Waals surface area contributed by atoms with E-state index in [4.69, 9.17) is 5.73 Å². The van der Waals surface area contributed by atoms with Crippen molar-refractivity contribution in [2.75, 3.05) is 18.4 Å². The smallest absolute Gasteiger partial charge is 0.248 e. The van der Waals surface area contributed by atoms with Crippen molar-refractivity contribution in [3.8, 4) is 0 Å². The molecule has 1 aliphatic heterocycles. The molecule has 1 saturated carbocycles. The van der Waals surface area contributed by atoms with Crippen molar-refractivity contribution in [3.05, 3.63) is 23.8 Å². The van der Waals surface area contributed by atoms with Gasteiger partial charge in [-0.05, 0) is 50.3 Å². The summed E-state index contributed by atoms with van der Waals surface area (Å²) in [6, 6.07) is 5.62. The van der Waals surface area contributed by atoms with Crippen LogP contribution in [0.2, 0.25) is 0 Å². The van der Waals surface area contributed by atoms with Gasteiger partial charge in [-0.1, -0.05) is 17.4 Å². The highest BCUT2D eigenvalue weighted by Crippen LogP contribution is 2.47. The summed E-state index contributed by atoms with van der Waals surface area (Å²) in [5, 5.41) is 3.50. The third kappa shape index (κ3) is 2.91.